The van der Waals surface area contributed by atoms with Gasteiger partial charge in [-0.15, -0.1) is 0 Å². The highest BCUT2D eigenvalue weighted by Gasteiger charge is 2.14. The van der Waals surface area contributed by atoms with Gasteiger partial charge in [0.05, 0.1) is 46.0 Å². The SMILES string of the molecule is CCCCC(=O)Nc1cncc(-c2cc3c(-c4cc5ncccc5[nH]4)n[nH]c3cn2)c1. The van der Waals surface area contributed by atoms with E-state index in [4.69, 9.17) is 0 Å². The number of nitrogens with one attached hydrogen (secondary N) is 3. The molecule has 0 saturated carbocycles. The van der Waals surface area contributed by atoms with E-state index in [1.165, 1.54) is 0 Å². The predicted molar refractivity (Wildman–Crippen MR) is 120 cm³/mol. The number of aromatic amines is 2. The van der Waals surface area contributed by atoms with Gasteiger partial charge in [0.2, 0.25) is 5.91 Å². The molecule has 5 rings (SSSR count). The summed E-state index contributed by atoms with van der Waals surface area (Å²) in [4.78, 5) is 28.6. The molecule has 0 fully saturated rings. The number of hydrogen-bond donors (Lipinski definition) is 3. The van der Waals surface area contributed by atoms with Crippen molar-refractivity contribution < 1.29 is 4.79 Å². The highest BCUT2D eigenvalue weighted by molar-refractivity contribution is 5.96. The molecule has 0 aliphatic heterocycles. The molecule has 0 aliphatic carbocycles. The second kappa shape index (κ2) is 7.98. The Morgan fingerprint density at radius 3 is 2.90 bits per heavy atom. The van der Waals surface area contributed by atoms with E-state index in [9.17, 15) is 4.79 Å². The number of carbonyl (C=O) groups excluding carboxylic acids is 1. The first-order valence-corrected chi connectivity index (χ1v) is 10.2. The van der Waals surface area contributed by atoms with Crippen LogP contribution in [-0.2, 0) is 4.79 Å². The van der Waals surface area contributed by atoms with Crippen LogP contribution >= 0.6 is 0 Å². The fourth-order valence-corrected chi connectivity index (χ4v) is 3.57. The Morgan fingerprint density at radius 1 is 1.10 bits per heavy atom. The minimum absolute atomic E-state index is 0.00578. The number of aromatic nitrogens is 6. The first-order chi connectivity index (χ1) is 15.2. The fraction of sp³-hybridized carbons (Fsp3) is 0.174. The second-order valence-corrected chi connectivity index (χ2v) is 7.42. The summed E-state index contributed by atoms with van der Waals surface area (Å²) in [5.41, 5.74) is 6.59. The first-order valence-electron chi connectivity index (χ1n) is 10.2. The van der Waals surface area contributed by atoms with Crippen molar-refractivity contribution in [3.05, 3.63) is 55.1 Å². The lowest BCUT2D eigenvalue weighted by molar-refractivity contribution is -0.116. The summed E-state index contributed by atoms with van der Waals surface area (Å²) < 4.78 is 0. The molecule has 0 bridgehead atoms. The number of pyridine rings is 3. The summed E-state index contributed by atoms with van der Waals surface area (Å²) in [5.74, 6) is -0.00578. The Bertz CT molecular complexity index is 1350. The number of anilines is 1. The lowest BCUT2D eigenvalue weighted by atomic mass is 10.1. The minimum atomic E-state index is -0.00578. The van der Waals surface area contributed by atoms with E-state index in [2.05, 4.69) is 42.4 Å². The molecule has 0 radical (unpaired) electrons. The minimum Gasteiger partial charge on any atom is -0.352 e. The number of nitrogens with zero attached hydrogens (tertiary/aromatic N) is 4. The van der Waals surface area contributed by atoms with Crippen LogP contribution in [0.3, 0.4) is 0 Å². The van der Waals surface area contributed by atoms with Crippen LogP contribution in [0, 0.1) is 0 Å². The average molecular weight is 411 g/mol. The normalized spacial score (nSPS) is 11.3. The fourth-order valence-electron chi connectivity index (χ4n) is 3.57. The molecule has 1 amide bonds. The summed E-state index contributed by atoms with van der Waals surface area (Å²) in [5, 5.41) is 11.4. The van der Waals surface area contributed by atoms with Gasteiger partial charge in [-0.25, -0.2) is 0 Å². The van der Waals surface area contributed by atoms with E-state index in [0.29, 0.717) is 12.1 Å². The zero-order chi connectivity index (χ0) is 21.2. The van der Waals surface area contributed by atoms with Crippen molar-refractivity contribution in [1.29, 1.82) is 0 Å². The number of unbranched alkanes of at least 4 members (excludes halogenated alkanes) is 1. The largest absolute Gasteiger partial charge is 0.352 e. The molecule has 0 aliphatic rings. The van der Waals surface area contributed by atoms with E-state index in [1.807, 2.05) is 30.3 Å². The average Bonchev–Trinajstić information content (AvgIpc) is 3.41. The number of carbonyl (C=O) groups is 1. The van der Waals surface area contributed by atoms with Crippen molar-refractivity contribution in [3.63, 3.8) is 0 Å². The number of hydrogen-bond acceptors (Lipinski definition) is 5. The quantitative estimate of drug-likeness (QED) is 0.375. The molecule has 5 heterocycles. The van der Waals surface area contributed by atoms with Crippen LogP contribution < -0.4 is 5.32 Å². The maximum Gasteiger partial charge on any atom is 0.224 e. The van der Waals surface area contributed by atoms with Crippen LogP contribution in [-0.4, -0.2) is 36.0 Å². The van der Waals surface area contributed by atoms with E-state index < -0.39 is 0 Å². The Morgan fingerprint density at radius 2 is 2.03 bits per heavy atom. The van der Waals surface area contributed by atoms with Gasteiger partial charge < -0.3 is 10.3 Å². The number of amides is 1. The number of fused-ring (bicyclic) bond motifs is 2. The highest BCUT2D eigenvalue weighted by Crippen LogP contribution is 2.30. The summed E-state index contributed by atoms with van der Waals surface area (Å²) in [6.07, 6.45) is 9.26. The molecule has 0 spiro atoms. The summed E-state index contributed by atoms with van der Waals surface area (Å²) in [7, 11) is 0. The van der Waals surface area contributed by atoms with E-state index in [1.54, 1.807) is 24.8 Å². The lowest BCUT2D eigenvalue weighted by Crippen LogP contribution is -2.11. The van der Waals surface area contributed by atoms with Crippen molar-refractivity contribution in [1.82, 2.24) is 30.1 Å². The number of H-pyrrole nitrogens is 2. The molecule has 5 aromatic heterocycles. The van der Waals surface area contributed by atoms with Gasteiger partial charge in [0.25, 0.3) is 0 Å². The van der Waals surface area contributed by atoms with Crippen LogP contribution in [0.15, 0.2) is 55.1 Å². The Hall–Kier alpha value is -4.07. The second-order valence-electron chi connectivity index (χ2n) is 7.42. The topological polar surface area (TPSA) is 112 Å². The van der Waals surface area contributed by atoms with Gasteiger partial charge in [-0.2, -0.15) is 5.10 Å². The summed E-state index contributed by atoms with van der Waals surface area (Å²) in [6.45, 7) is 2.06. The van der Waals surface area contributed by atoms with Crippen LogP contribution in [0.2, 0.25) is 0 Å². The third kappa shape index (κ3) is 3.75. The number of rotatable bonds is 6. The van der Waals surface area contributed by atoms with Gasteiger partial charge in [0, 0.05) is 29.8 Å². The molecule has 0 saturated heterocycles. The molecule has 0 aromatic carbocycles. The van der Waals surface area contributed by atoms with E-state index in [-0.39, 0.29) is 5.91 Å². The lowest BCUT2D eigenvalue weighted by Gasteiger charge is -2.07. The third-order valence-corrected chi connectivity index (χ3v) is 5.17. The molecule has 0 atom stereocenters. The van der Waals surface area contributed by atoms with Gasteiger partial charge >= 0.3 is 0 Å². The predicted octanol–water partition coefficient (Wildman–Crippen LogP) is 4.69. The van der Waals surface area contributed by atoms with Crippen molar-refractivity contribution in [2.24, 2.45) is 0 Å². The standard InChI is InChI=1S/C23H21N7O/c1-2-3-6-22(31)27-15-8-14(11-24-12-15)18-9-16-21(13-26-18)29-30-23(16)20-10-19-17(28-20)5-4-7-25-19/h4-5,7-13,28H,2-3,6H2,1H3,(H,27,31)(H,29,30). The van der Waals surface area contributed by atoms with Crippen LogP contribution in [0.5, 0.6) is 0 Å². The van der Waals surface area contributed by atoms with Crippen LogP contribution in [0.25, 0.3) is 44.6 Å². The molecule has 8 heteroatoms. The van der Waals surface area contributed by atoms with E-state index in [0.717, 1.165) is 57.4 Å². The van der Waals surface area contributed by atoms with E-state index >= 15 is 0 Å². The monoisotopic (exact) mass is 411 g/mol. The molecular formula is C23H21N7O. The van der Waals surface area contributed by atoms with Gasteiger partial charge in [-0.05, 0) is 36.8 Å². The van der Waals surface area contributed by atoms with Crippen LogP contribution in [0.4, 0.5) is 5.69 Å². The van der Waals surface area contributed by atoms with Gasteiger partial charge in [-0.3, -0.25) is 24.8 Å². The van der Waals surface area contributed by atoms with Gasteiger partial charge in [-0.1, -0.05) is 13.3 Å². The van der Waals surface area contributed by atoms with Crippen molar-refractivity contribution in [2.75, 3.05) is 5.32 Å². The van der Waals surface area contributed by atoms with Crippen molar-refractivity contribution >= 4 is 33.5 Å². The zero-order valence-corrected chi connectivity index (χ0v) is 17.0. The van der Waals surface area contributed by atoms with Crippen molar-refractivity contribution in [3.8, 4) is 22.6 Å². The Labute approximate surface area is 178 Å². The summed E-state index contributed by atoms with van der Waals surface area (Å²) in [6, 6.07) is 9.73. The Kier molecular flexibility index (Phi) is 4.87. The molecule has 154 valence electrons. The zero-order valence-electron chi connectivity index (χ0n) is 17.0. The smallest absolute Gasteiger partial charge is 0.224 e. The summed E-state index contributed by atoms with van der Waals surface area (Å²) >= 11 is 0. The molecule has 8 nitrogen and oxygen atoms in total. The maximum atomic E-state index is 12.1. The molecular weight excluding hydrogens is 390 g/mol. The molecule has 3 N–H and O–H groups in total. The molecule has 5 aromatic rings. The van der Waals surface area contributed by atoms with Gasteiger partial charge in [0.1, 0.15) is 5.69 Å². The highest BCUT2D eigenvalue weighted by atomic mass is 16.1. The third-order valence-electron chi connectivity index (χ3n) is 5.17. The Balaban J connectivity index is 1.49. The molecule has 0 unspecified atom stereocenters. The van der Waals surface area contributed by atoms with Crippen molar-refractivity contribution in [2.45, 2.75) is 26.2 Å². The molecule has 31 heavy (non-hydrogen) atoms. The van der Waals surface area contributed by atoms with Crippen LogP contribution in [0.1, 0.15) is 26.2 Å². The maximum absolute atomic E-state index is 12.1. The van der Waals surface area contributed by atoms with Gasteiger partial charge in [0.15, 0.2) is 0 Å². The first kappa shape index (κ1) is 18.9.